The third-order valence-electron chi connectivity index (χ3n) is 10.9. The predicted molar refractivity (Wildman–Crippen MR) is 224 cm³/mol. The Morgan fingerprint density at radius 2 is 0.792 bits per heavy atom. The van der Waals surface area contributed by atoms with Gasteiger partial charge in [-0.1, -0.05) is 177 Å². The Labute approximate surface area is 310 Å². The number of hydrogen-bond acceptors (Lipinski definition) is 3. The van der Waals surface area contributed by atoms with Gasteiger partial charge in [-0.25, -0.2) is 15.0 Å². The van der Waals surface area contributed by atoms with Crippen molar-refractivity contribution in [3.8, 4) is 67.5 Å². The quantitative estimate of drug-likeness (QED) is 0.168. The molecule has 10 rings (SSSR count). The summed E-state index contributed by atoms with van der Waals surface area (Å²) in [4.78, 5) is 15.7. The van der Waals surface area contributed by atoms with Crippen LogP contribution in [-0.2, 0) is 0 Å². The van der Waals surface area contributed by atoms with Gasteiger partial charge in [0.15, 0.2) is 17.5 Å². The van der Waals surface area contributed by atoms with E-state index in [0.29, 0.717) is 17.5 Å². The summed E-state index contributed by atoms with van der Waals surface area (Å²) >= 11 is 0. The molecule has 8 aromatic carbocycles. The first-order valence-electron chi connectivity index (χ1n) is 18.2. The van der Waals surface area contributed by atoms with Gasteiger partial charge in [-0.05, 0) is 77.4 Å². The molecule has 2 heterocycles. The smallest absolute Gasteiger partial charge is 0.164 e. The molecule has 4 heteroatoms. The molecule has 0 bridgehead atoms. The second-order valence-corrected chi connectivity index (χ2v) is 18.8. The Hall–Kier alpha value is -6.49. The monoisotopic (exact) mass is 693 g/mol. The highest BCUT2D eigenvalue weighted by Crippen LogP contribution is 2.37. The van der Waals surface area contributed by atoms with E-state index in [-0.39, 0.29) is 0 Å². The standard InChI is InChI=1S/C49H35N3Si/c1-53(2)45-31-38(25-26-42(45)44-29-36-17-9-10-18-37(36)30-46(44)53)48-50-47(35-23-21-33(22-24-35)32-13-5-3-6-14-32)51-49(52-48)43-28-27-39(34-15-7-4-8-16-34)40-19-11-12-20-41(40)43/h3-31H,1-2H3. The fourth-order valence-electron chi connectivity index (χ4n) is 8.12. The van der Waals surface area contributed by atoms with Crippen molar-refractivity contribution in [1.29, 1.82) is 0 Å². The van der Waals surface area contributed by atoms with Crippen molar-refractivity contribution in [3.05, 3.63) is 176 Å². The van der Waals surface area contributed by atoms with Gasteiger partial charge in [-0.2, -0.15) is 0 Å². The second-order valence-electron chi connectivity index (χ2n) is 14.5. The van der Waals surface area contributed by atoms with Gasteiger partial charge < -0.3 is 0 Å². The molecule has 1 aliphatic rings. The van der Waals surface area contributed by atoms with E-state index < -0.39 is 8.07 Å². The molecule has 0 spiro atoms. The average Bonchev–Trinajstić information content (AvgIpc) is 3.44. The molecule has 0 saturated carbocycles. The Balaban J connectivity index is 1.15. The first kappa shape index (κ1) is 31.3. The molecule has 0 N–H and O–H groups in total. The van der Waals surface area contributed by atoms with Crippen LogP contribution in [0.2, 0.25) is 13.1 Å². The largest absolute Gasteiger partial charge is 0.208 e. The van der Waals surface area contributed by atoms with Crippen LogP contribution in [0.25, 0.3) is 89.1 Å². The summed E-state index contributed by atoms with van der Waals surface area (Å²) in [7, 11) is -2.00. The Kier molecular flexibility index (Phi) is 7.27. The third-order valence-corrected chi connectivity index (χ3v) is 14.5. The van der Waals surface area contributed by atoms with Crippen LogP contribution >= 0.6 is 0 Å². The molecular weight excluding hydrogens is 659 g/mol. The Morgan fingerprint density at radius 1 is 0.321 bits per heavy atom. The van der Waals surface area contributed by atoms with Crippen LogP contribution in [0.4, 0.5) is 0 Å². The molecule has 0 aliphatic carbocycles. The maximum absolute atomic E-state index is 5.28. The van der Waals surface area contributed by atoms with Crippen LogP contribution in [0.3, 0.4) is 0 Å². The molecule has 53 heavy (non-hydrogen) atoms. The summed E-state index contributed by atoms with van der Waals surface area (Å²) in [5.74, 6) is 2.01. The van der Waals surface area contributed by atoms with Crippen molar-refractivity contribution >= 4 is 40.0 Å². The van der Waals surface area contributed by atoms with E-state index in [1.165, 1.54) is 54.3 Å². The van der Waals surface area contributed by atoms with E-state index in [1.807, 2.05) is 6.07 Å². The summed E-state index contributed by atoms with van der Waals surface area (Å²) in [5, 5.41) is 7.78. The molecule has 0 radical (unpaired) electrons. The lowest BCUT2D eigenvalue weighted by molar-refractivity contribution is 1.08. The normalized spacial score (nSPS) is 12.9. The van der Waals surface area contributed by atoms with Gasteiger partial charge in [0.2, 0.25) is 0 Å². The molecule has 0 fully saturated rings. The molecule has 0 amide bonds. The lowest BCUT2D eigenvalue weighted by Crippen LogP contribution is -2.49. The summed E-state index contributed by atoms with van der Waals surface area (Å²) in [6.07, 6.45) is 0. The van der Waals surface area contributed by atoms with Crippen LogP contribution in [0.1, 0.15) is 0 Å². The van der Waals surface area contributed by atoms with Crippen molar-refractivity contribution in [1.82, 2.24) is 15.0 Å². The number of nitrogens with zero attached hydrogens (tertiary/aromatic N) is 3. The van der Waals surface area contributed by atoms with E-state index in [4.69, 9.17) is 15.0 Å². The average molecular weight is 694 g/mol. The van der Waals surface area contributed by atoms with E-state index in [0.717, 1.165) is 27.6 Å². The Morgan fingerprint density at radius 3 is 1.51 bits per heavy atom. The second kappa shape index (κ2) is 12.3. The van der Waals surface area contributed by atoms with Gasteiger partial charge in [-0.15, -0.1) is 0 Å². The molecular formula is C49H35N3Si. The number of rotatable bonds is 5. The Bertz CT molecular complexity index is 2850. The van der Waals surface area contributed by atoms with E-state index in [1.54, 1.807) is 0 Å². The van der Waals surface area contributed by atoms with Crippen LogP contribution in [0, 0.1) is 0 Å². The summed E-state index contributed by atoms with van der Waals surface area (Å²) in [6.45, 7) is 4.93. The molecule has 3 nitrogen and oxygen atoms in total. The SMILES string of the molecule is C[Si]1(C)c2cc(-c3nc(-c4ccc(-c5ccccc5)cc4)nc(-c4ccc(-c5ccccc5)c5ccccc45)n3)ccc2-c2cc3ccccc3cc21. The summed E-state index contributed by atoms with van der Waals surface area (Å²) in [6, 6.07) is 62.9. The van der Waals surface area contributed by atoms with Gasteiger partial charge in [0, 0.05) is 16.7 Å². The maximum Gasteiger partial charge on any atom is 0.164 e. The molecule has 1 aliphatic heterocycles. The van der Waals surface area contributed by atoms with Crippen LogP contribution in [0.5, 0.6) is 0 Å². The van der Waals surface area contributed by atoms with Crippen molar-refractivity contribution in [2.24, 2.45) is 0 Å². The molecule has 9 aromatic rings. The molecule has 0 saturated heterocycles. The minimum atomic E-state index is -2.00. The van der Waals surface area contributed by atoms with Gasteiger partial charge in [0.05, 0.1) is 0 Å². The highest BCUT2D eigenvalue weighted by Gasteiger charge is 2.38. The zero-order chi connectivity index (χ0) is 35.5. The molecule has 250 valence electrons. The van der Waals surface area contributed by atoms with Gasteiger partial charge in [0.25, 0.3) is 0 Å². The number of aromatic nitrogens is 3. The van der Waals surface area contributed by atoms with Crippen LogP contribution in [0.15, 0.2) is 176 Å². The predicted octanol–water partition coefficient (Wildman–Crippen LogP) is 11.3. The first-order valence-corrected chi connectivity index (χ1v) is 21.2. The van der Waals surface area contributed by atoms with Crippen molar-refractivity contribution in [2.45, 2.75) is 13.1 Å². The molecule has 0 atom stereocenters. The zero-order valence-corrected chi connectivity index (χ0v) is 30.6. The van der Waals surface area contributed by atoms with E-state index >= 15 is 0 Å². The number of benzene rings is 8. The minimum absolute atomic E-state index is 0.660. The molecule has 0 unspecified atom stereocenters. The van der Waals surface area contributed by atoms with Crippen LogP contribution in [-0.4, -0.2) is 23.0 Å². The minimum Gasteiger partial charge on any atom is -0.208 e. The van der Waals surface area contributed by atoms with Gasteiger partial charge in [-0.3, -0.25) is 0 Å². The van der Waals surface area contributed by atoms with Crippen molar-refractivity contribution in [3.63, 3.8) is 0 Å². The fourth-order valence-corrected chi connectivity index (χ4v) is 11.2. The highest BCUT2D eigenvalue weighted by molar-refractivity contribution is 7.04. The number of fused-ring (bicyclic) bond motifs is 5. The molecule has 1 aromatic heterocycles. The van der Waals surface area contributed by atoms with Gasteiger partial charge >= 0.3 is 0 Å². The maximum atomic E-state index is 5.28. The third kappa shape index (κ3) is 5.30. The van der Waals surface area contributed by atoms with Gasteiger partial charge in [0.1, 0.15) is 8.07 Å². The van der Waals surface area contributed by atoms with E-state index in [9.17, 15) is 0 Å². The lowest BCUT2D eigenvalue weighted by atomic mass is 9.94. The summed E-state index contributed by atoms with van der Waals surface area (Å²) in [5.41, 5.74) is 10.4. The highest BCUT2D eigenvalue weighted by atomic mass is 28.3. The summed E-state index contributed by atoms with van der Waals surface area (Å²) < 4.78 is 0. The number of hydrogen-bond donors (Lipinski definition) is 0. The van der Waals surface area contributed by atoms with Crippen LogP contribution < -0.4 is 10.4 Å². The first-order chi connectivity index (χ1) is 26.0. The fraction of sp³-hybridized carbons (Fsp3) is 0.0408. The van der Waals surface area contributed by atoms with E-state index in [2.05, 4.69) is 183 Å². The van der Waals surface area contributed by atoms with Crippen molar-refractivity contribution in [2.75, 3.05) is 0 Å². The lowest BCUT2D eigenvalue weighted by Gasteiger charge is -2.20. The zero-order valence-electron chi connectivity index (χ0n) is 29.6. The van der Waals surface area contributed by atoms with Crippen molar-refractivity contribution < 1.29 is 0 Å². The topological polar surface area (TPSA) is 38.7 Å².